The first-order valence-electron chi connectivity index (χ1n) is 3.76. The Kier molecular flexibility index (Phi) is 2.93. The summed E-state index contributed by atoms with van der Waals surface area (Å²) >= 11 is 0. The molecule has 0 radical (unpaired) electrons. The number of nitrogens with zero attached hydrogens (tertiary/aromatic N) is 1. The Balaban J connectivity index is 3.57. The van der Waals surface area contributed by atoms with E-state index in [2.05, 4.69) is 4.98 Å². The maximum atomic E-state index is 12.3. The van der Waals surface area contributed by atoms with Crippen LogP contribution in [0.2, 0.25) is 0 Å². The second-order valence-electron chi connectivity index (χ2n) is 2.73. The van der Waals surface area contributed by atoms with E-state index < -0.39 is 29.2 Å². The van der Waals surface area contributed by atoms with E-state index >= 15 is 0 Å². The summed E-state index contributed by atoms with van der Waals surface area (Å²) in [5.41, 5.74) is -5.25. The first-order valence-corrected chi connectivity index (χ1v) is 3.76. The van der Waals surface area contributed by atoms with Crippen LogP contribution in [0.3, 0.4) is 0 Å². The molecule has 16 heavy (non-hydrogen) atoms. The lowest BCUT2D eigenvalue weighted by atomic mass is 10.1. The molecule has 88 valence electrons. The molecule has 0 unspecified atom stereocenters. The lowest BCUT2D eigenvalue weighted by Crippen LogP contribution is -2.19. The van der Waals surface area contributed by atoms with Crippen LogP contribution in [0.25, 0.3) is 0 Å². The second kappa shape index (κ2) is 3.76. The number of carbonyl (C=O) groups is 1. The number of alkyl halides is 6. The van der Waals surface area contributed by atoms with E-state index in [0.717, 1.165) is 0 Å². The number of hydrogen-bond donors (Lipinski definition) is 0. The van der Waals surface area contributed by atoms with Crippen molar-refractivity contribution in [2.45, 2.75) is 12.4 Å². The monoisotopic (exact) mass is 243 g/mol. The van der Waals surface area contributed by atoms with Crippen LogP contribution in [-0.2, 0) is 12.4 Å². The number of pyridine rings is 1. The third-order valence-electron chi connectivity index (χ3n) is 1.68. The first-order chi connectivity index (χ1) is 7.18. The smallest absolute Gasteiger partial charge is 0.296 e. The number of halogens is 6. The minimum absolute atomic E-state index is 0.176. The van der Waals surface area contributed by atoms with Gasteiger partial charge in [0.25, 0.3) is 0 Å². The van der Waals surface area contributed by atoms with E-state index in [4.69, 9.17) is 0 Å². The van der Waals surface area contributed by atoms with Gasteiger partial charge in [-0.05, 0) is 6.07 Å². The van der Waals surface area contributed by atoms with Crippen molar-refractivity contribution in [3.8, 4) is 0 Å². The zero-order chi connectivity index (χ0) is 12.6. The van der Waals surface area contributed by atoms with E-state index in [0.29, 0.717) is 6.20 Å². The van der Waals surface area contributed by atoms with Crippen molar-refractivity contribution in [2.24, 2.45) is 0 Å². The molecule has 0 aliphatic carbocycles. The average Bonchev–Trinajstić information content (AvgIpc) is 2.13. The highest BCUT2D eigenvalue weighted by molar-refractivity contribution is 5.75. The molecule has 0 aromatic carbocycles. The summed E-state index contributed by atoms with van der Waals surface area (Å²) in [7, 11) is 0. The van der Waals surface area contributed by atoms with Crippen molar-refractivity contribution >= 4 is 6.29 Å². The van der Waals surface area contributed by atoms with Crippen molar-refractivity contribution in [1.29, 1.82) is 0 Å². The minimum atomic E-state index is -5.28. The van der Waals surface area contributed by atoms with Crippen molar-refractivity contribution in [3.63, 3.8) is 0 Å². The molecule has 0 atom stereocenters. The Hall–Kier alpha value is -1.60. The quantitative estimate of drug-likeness (QED) is 0.560. The van der Waals surface area contributed by atoms with E-state index in [1.165, 1.54) is 0 Å². The number of rotatable bonds is 1. The van der Waals surface area contributed by atoms with Gasteiger partial charge in [-0.2, -0.15) is 26.3 Å². The summed E-state index contributed by atoms with van der Waals surface area (Å²) in [6.07, 6.45) is -10.3. The molecule has 8 heteroatoms. The third-order valence-corrected chi connectivity index (χ3v) is 1.68. The summed E-state index contributed by atoms with van der Waals surface area (Å²) in [5, 5.41) is 0. The zero-order valence-corrected chi connectivity index (χ0v) is 7.36. The lowest BCUT2D eigenvalue weighted by molar-refractivity contribution is -0.162. The standard InChI is InChI=1S/C8H3F6NO/c9-7(10,11)4-1-2-15-5(3-16)6(4)8(12,13)14/h1-3H. The molecule has 1 aromatic heterocycles. The van der Waals surface area contributed by atoms with Crippen LogP contribution in [0, 0.1) is 0 Å². The molecule has 0 N–H and O–H groups in total. The Labute approximate surface area is 84.9 Å². The van der Waals surface area contributed by atoms with Crippen LogP contribution in [0.1, 0.15) is 21.6 Å². The Morgan fingerprint density at radius 1 is 1.06 bits per heavy atom. The topological polar surface area (TPSA) is 30.0 Å². The van der Waals surface area contributed by atoms with Crippen LogP contribution in [-0.4, -0.2) is 11.3 Å². The predicted molar refractivity (Wildman–Crippen MR) is 39.6 cm³/mol. The van der Waals surface area contributed by atoms with Gasteiger partial charge in [0.05, 0.1) is 11.1 Å². The highest BCUT2D eigenvalue weighted by Gasteiger charge is 2.45. The van der Waals surface area contributed by atoms with Crippen LogP contribution in [0.4, 0.5) is 26.3 Å². The Morgan fingerprint density at radius 2 is 1.62 bits per heavy atom. The third kappa shape index (κ3) is 2.31. The molecule has 0 bridgehead atoms. The summed E-state index contributed by atoms with van der Waals surface area (Å²) in [5.74, 6) is 0. The zero-order valence-electron chi connectivity index (χ0n) is 7.36. The molecule has 1 heterocycles. The highest BCUT2D eigenvalue weighted by Crippen LogP contribution is 2.40. The van der Waals surface area contributed by atoms with Gasteiger partial charge in [-0.15, -0.1) is 0 Å². The van der Waals surface area contributed by atoms with Gasteiger partial charge < -0.3 is 0 Å². The Bertz CT molecular complexity index is 408. The average molecular weight is 243 g/mol. The van der Waals surface area contributed by atoms with E-state index in [1.54, 1.807) is 0 Å². The molecule has 0 aliphatic rings. The molecule has 0 fully saturated rings. The van der Waals surface area contributed by atoms with E-state index in [1.807, 2.05) is 0 Å². The molecule has 0 saturated heterocycles. The summed E-state index contributed by atoms with van der Waals surface area (Å²) < 4.78 is 73.7. The number of aldehydes is 1. The van der Waals surface area contributed by atoms with Crippen LogP contribution in [0.15, 0.2) is 12.3 Å². The predicted octanol–water partition coefficient (Wildman–Crippen LogP) is 2.93. The van der Waals surface area contributed by atoms with Gasteiger partial charge >= 0.3 is 12.4 Å². The van der Waals surface area contributed by atoms with Gasteiger partial charge in [0.2, 0.25) is 0 Å². The van der Waals surface area contributed by atoms with Crippen LogP contribution >= 0.6 is 0 Å². The number of hydrogen-bond acceptors (Lipinski definition) is 2. The molecular formula is C8H3F6NO. The SMILES string of the molecule is O=Cc1nccc(C(F)(F)F)c1C(F)(F)F. The number of aromatic nitrogens is 1. The van der Waals surface area contributed by atoms with Crippen molar-refractivity contribution < 1.29 is 31.1 Å². The molecule has 0 saturated carbocycles. The van der Waals surface area contributed by atoms with Gasteiger partial charge in [-0.3, -0.25) is 9.78 Å². The fraction of sp³-hybridized carbons (Fsp3) is 0.250. The van der Waals surface area contributed by atoms with Gasteiger partial charge in [0, 0.05) is 6.20 Å². The molecule has 0 spiro atoms. The number of carbonyl (C=O) groups excluding carboxylic acids is 1. The van der Waals surface area contributed by atoms with Gasteiger partial charge in [0.15, 0.2) is 6.29 Å². The van der Waals surface area contributed by atoms with Crippen molar-refractivity contribution in [2.75, 3.05) is 0 Å². The normalized spacial score (nSPS) is 12.6. The summed E-state index contributed by atoms with van der Waals surface area (Å²) in [4.78, 5) is 13.2. The highest BCUT2D eigenvalue weighted by atomic mass is 19.4. The maximum absolute atomic E-state index is 12.3. The van der Waals surface area contributed by atoms with Crippen LogP contribution < -0.4 is 0 Å². The lowest BCUT2D eigenvalue weighted by Gasteiger charge is -2.15. The fourth-order valence-electron chi connectivity index (χ4n) is 1.10. The maximum Gasteiger partial charge on any atom is 0.419 e. The van der Waals surface area contributed by atoms with E-state index in [9.17, 15) is 31.1 Å². The van der Waals surface area contributed by atoms with Crippen LogP contribution in [0.5, 0.6) is 0 Å². The molecular weight excluding hydrogens is 240 g/mol. The second-order valence-corrected chi connectivity index (χ2v) is 2.73. The molecule has 0 amide bonds. The molecule has 1 aromatic rings. The summed E-state index contributed by atoms with van der Waals surface area (Å²) in [6.45, 7) is 0. The molecule has 2 nitrogen and oxygen atoms in total. The van der Waals surface area contributed by atoms with Gasteiger partial charge in [-0.25, -0.2) is 0 Å². The minimum Gasteiger partial charge on any atom is -0.296 e. The first kappa shape index (κ1) is 12.5. The molecule has 0 aliphatic heterocycles. The fourth-order valence-corrected chi connectivity index (χ4v) is 1.10. The van der Waals surface area contributed by atoms with Crippen molar-refractivity contribution in [3.05, 3.63) is 29.1 Å². The molecule has 1 rings (SSSR count). The van der Waals surface area contributed by atoms with E-state index in [-0.39, 0.29) is 12.4 Å². The Morgan fingerprint density at radius 3 is 2.00 bits per heavy atom. The van der Waals surface area contributed by atoms with Gasteiger partial charge in [0.1, 0.15) is 5.69 Å². The largest absolute Gasteiger partial charge is 0.419 e. The van der Waals surface area contributed by atoms with Crippen molar-refractivity contribution in [1.82, 2.24) is 4.98 Å². The summed E-state index contributed by atoms with van der Waals surface area (Å²) in [6, 6.07) is 0.176. The van der Waals surface area contributed by atoms with Gasteiger partial charge in [-0.1, -0.05) is 0 Å².